The van der Waals surface area contributed by atoms with E-state index in [9.17, 15) is 10.1 Å². The van der Waals surface area contributed by atoms with Crippen LogP contribution in [0.3, 0.4) is 0 Å². The van der Waals surface area contributed by atoms with Gasteiger partial charge in [0.1, 0.15) is 34.4 Å². The average molecular weight is 635 g/mol. The number of nitriles is 1. The van der Waals surface area contributed by atoms with Gasteiger partial charge in [-0.15, -0.1) is 0 Å². The molecule has 0 spiro atoms. The van der Waals surface area contributed by atoms with Gasteiger partial charge >= 0.3 is 6.09 Å². The van der Waals surface area contributed by atoms with Crippen molar-refractivity contribution in [1.82, 2.24) is 19.2 Å². The molecule has 0 unspecified atom stereocenters. The SMILES string of the molecule is COc1cc(C)c2c(ccn2C(=O)OC(C)(C)C)c1Cn1nc2ccc(C#N)c(OCC34CCCN3CCC4)c2c1Br. The van der Waals surface area contributed by atoms with Gasteiger partial charge in [-0.05, 0) is 112 Å². The van der Waals surface area contributed by atoms with Gasteiger partial charge < -0.3 is 14.2 Å². The third-order valence-electron chi connectivity index (χ3n) is 8.56. The summed E-state index contributed by atoms with van der Waals surface area (Å²) in [5.74, 6) is 1.27. The number of methoxy groups -OCH3 is 1. The number of carbonyl (C=O) groups excluding carboxylic acids is 1. The van der Waals surface area contributed by atoms with E-state index in [4.69, 9.17) is 19.3 Å². The van der Waals surface area contributed by atoms with Crippen LogP contribution in [0.25, 0.3) is 21.8 Å². The van der Waals surface area contributed by atoms with E-state index in [1.807, 2.05) is 50.6 Å². The molecule has 0 saturated carbocycles. The molecule has 0 atom stereocenters. The van der Waals surface area contributed by atoms with Crippen molar-refractivity contribution in [3.63, 3.8) is 0 Å². The Balaban J connectivity index is 1.40. The maximum atomic E-state index is 13.0. The van der Waals surface area contributed by atoms with Crippen LogP contribution in [0.15, 0.2) is 35.1 Å². The Kier molecular flexibility index (Phi) is 7.22. The number of fused-ring (bicyclic) bond motifs is 3. The number of hydrogen-bond donors (Lipinski definition) is 0. The number of aryl methyl sites for hydroxylation is 1. The van der Waals surface area contributed by atoms with Gasteiger partial charge in [-0.25, -0.2) is 4.79 Å². The maximum absolute atomic E-state index is 13.0. The molecule has 2 aromatic carbocycles. The summed E-state index contributed by atoms with van der Waals surface area (Å²) < 4.78 is 22.1. The van der Waals surface area contributed by atoms with Crippen molar-refractivity contribution in [1.29, 1.82) is 5.26 Å². The van der Waals surface area contributed by atoms with Gasteiger partial charge in [0.2, 0.25) is 0 Å². The topological polar surface area (TPSA) is 94.5 Å². The highest BCUT2D eigenvalue weighted by molar-refractivity contribution is 9.10. The quantitative estimate of drug-likeness (QED) is 0.231. The molecule has 2 aliphatic heterocycles. The molecule has 220 valence electrons. The molecule has 2 saturated heterocycles. The van der Waals surface area contributed by atoms with Crippen molar-refractivity contribution in [2.45, 2.75) is 71.1 Å². The lowest BCUT2D eigenvalue weighted by Gasteiger charge is -2.32. The summed E-state index contributed by atoms with van der Waals surface area (Å²) in [4.78, 5) is 15.6. The minimum atomic E-state index is -0.619. The molecule has 9 nitrogen and oxygen atoms in total. The standard InChI is InChI=1S/C32H36BrN5O4/c1-20-16-25(40-5)23(22-10-15-37(27(20)22)30(39)42-31(2,3)4)18-38-29(33)26-24(35-38)9-8-21(17-34)28(26)41-19-32-11-6-13-36(32)14-7-12-32/h8-10,15-16H,6-7,11-14,18-19H2,1-5H3. The first-order valence-corrected chi connectivity index (χ1v) is 15.2. The summed E-state index contributed by atoms with van der Waals surface area (Å²) in [6, 6.07) is 9.82. The zero-order valence-corrected chi connectivity index (χ0v) is 26.4. The number of hydrogen-bond acceptors (Lipinski definition) is 7. The summed E-state index contributed by atoms with van der Waals surface area (Å²) in [5.41, 5.74) is 3.20. The van der Waals surface area contributed by atoms with Crippen molar-refractivity contribution >= 4 is 43.8 Å². The fourth-order valence-electron chi connectivity index (χ4n) is 6.69. The van der Waals surface area contributed by atoms with Crippen LogP contribution in [0.4, 0.5) is 4.79 Å². The van der Waals surface area contributed by atoms with Gasteiger partial charge in [0.05, 0.1) is 41.2 Å². The fraction of sp³-hybridized carbons (Fsp3) is 0.469. The zero-order valence-electron chi connectivity index (χ0n) is 24.8. The molecule has 2 fully saturated rings. The molecular weight excluding hydrogens is 598 g/mol. The van der Waals surface area contributed by atoms with Gasteiger partial charge in [0, 0.05) is 17.1 Å². The van der Waals surface area contributed by atoms with Gasteiger partial charge in [0.25, 0.3) is 0 Å². The molecule has 2 aromatic heterocycles. The molecule has 42 heavy (non-hydrogen) atoms. The largest absolute Gasteiger partial charge is 0.496 e. The number of ether oxygens (including phenoxy) is 3. The summed E-state index contributed by atoms with van der Waals surface area (Å²) in [5, 5.41) is 16.5. The molecule has 6 rings (SSSR count). The van der Waals surface area contributed by atoms with E-state index in [-0.39, 0.29) is 5.54 Å². The van der Waals surface area contributed by atoms with E-state index in [0.717, 1.165) is 63.5 Å². The number of benzene rings is 2. The Bertz CT molecular complexity index is 1730. The number of rotatable bonds is 6. The highest BCUT2D eigenvalue weighted by Crippen LogP contribution is 2.42. The minimum Gasteiger partial charge on any atom is -0.496 e. The lowest BCUT2D eigenvalue weighted by atomic mass is 9.95. The van der Waals surface area contributed by atoms with Crippen molar-refractivity contribution in [3.8, 4) is 17.6 Å². The molecule has 2 aliphatic rings. The molecule has 0 N–H and O–H groups in total. The molecule has 0 bridgehead atoms. The van der Waals surface area contributed by atoms with Crippen LogP contribution in [0.5, 0.6) is 11.5 Å². The summed E-state index contributed by atoms with van der Waals surface area (Å²) in [7, 11) is 1.64. The Morgan fingerprint density at radius 1 is 1.19 bits per heavy atom. The molecule has 0 aliphatic carbocycles. The van der Waals surface area contributed by atoms with Crippen molar-refractivity contribution in [3.05, 3.63) is 51.8 Å². The van der Waals surface area contributed by atoms with Gasteiger partial charge in [0.15, 0.2) is 0 Å². The monoisotopic (exact) mass is 633 g/mol. The molecule has 0 amide bonds. The number of aromatic nitrogens is 3. The normalized spacial score (nSPS) is 16.6. The molecule has 4 aromatic rings. The van der Waals surface area contributed by atoms with E-state index in [1.165, 1.54) is 12.8 Å². The van der Waals surface area contributed by atoms with Crippen molar-refractivity contribution < 1.29 is 19.0 Å². The van der Waals surface area contributed by atoms with E-state index < -0.39 is 11.7 Å². The third kappa shape index (κ3) is 4.82. The van der Waals surface area contributed by atoms with Crippen molar-refractivity contribution in [2.24, 2.45) is 0 Å². The second kappa shape index (κ2) is 10.6. The van der Waals surface area contributed by atoms with Gasteiger partial charge in [-0.2, -0.15) is 10.4 Å². The highest BCUT2D eigenvalue weighted by Gasteiger charge is 2.45. The summed E-state index contributed by atoms with van der Waals surface area (Å²) in [6.07, 6.45) is 5.92. The maximum Gasteiger partial charge on any atom is 0.419 e. The summed E-state index contributed by atoms with van der Waals surface area (Å²) in [6.45, 7) is 10.7. The molecule has 0 radical (unpaired) electrons. The van der Waals surface area contributed by atoms with E-state index in [1.54, 1.807) is 23.9 Å². The molecular formula is C32H36BrN5O4. The lowest BCUT2D eigenvalue weighted by molar-refractivity contribution is 0.0544. The number of halogens is 1. The zero-order chi connectivity index (χ0) is 29.8. The van der Waals surface area contributed by atoms with Crippen LogP contribution in [0.2, 0.25) is 0 Å². The average Bonchev–Trinajstić information content (AvgIpc) is 3.70. The fourth-order valence-corrected chi connectivity index (χ4v) is 7.28. The Labute approximate surface area is 254 Å². The minimum absolute atomic E-state index is 0.0551. The van der Waals surface area contributed by atoms with E-state index in [0.29, 0.717) is 30.2 Å². The number of nitrogens with zero attached hydrogens (tertiary/aromatic N) is 5. The van der Waals surface area contributed by atoms with E-state index in [2.05, 4.69) is 26.9 Å². The van der Waals surface area contributed by atoms with Crippen molar-refractivity contribution in [2.75, 3.05) is 26.8 Å². The number of carbonyl (C=O) groups is 1. The first kappa shape index (κ1) is 28.6. The highest BCUT2D eigenvalue weighted by atomic mass is 79.9. The first-order chi connectivity index (χ1) is 20.0. The Morgan fingerprint density at radius 3 is 2.60 bits per heavy atom. The van der Waals surface area contributed by atoms with Crippen LogP contribution in [0.1, 0.15) is 63.1 Å². The van der Waals surface area contributed by atoms with Crippen LogP contribution >= 0.6 is 15.9 Å². The first-order valence-electron chi connectivity index (χ1n) is 14.4. The molecule has 4 heterocycles. The Morgan fingerprint density at radius 2 is 1.93 bits per heavy atom. The smallest absolute Gasteiger partial charge is 0.419 e. The van der Waals surface area contributed by atoms with Crippen LogP contribution in [0, 0.1) is 18.3 Å². The third-order valence-corrected chi connectivity index (χ3v) is 9.37. The van der Waals surface area contributed by atoms with E-state index >= 15 is 0 Å². The summed E-state index contributed by atoms with van der Waals surface area (Å²) >= 11 is 3.80. The van der Waals surface area contributed by atoms with Gasteiger partial charge in [-0.1, -0.05) is 0 Å². The Hall–Kier alpha value is -3.55. The second-order valence-electron chi connectivity index (χ2n) is 12.4. The van der Waals surface area contributed by atoms with Crippen LogP contribution in [-0.2, 0) is 11.3 Å². The second-order valence-corrected chi connectivity index (χ2v) is 13.2. The van der Waals surface area contributed by atoms with Gasteiger partial charge in [-0.3, -0.25) is 14.1 Å². The lowest BCUT2D eigenvalue weighted by Crippen LogP contribution is -2.43. The predicted octanol–water partition coefficient (Wildman–Crippen LogP) is 6.78. The van der Waals surface area contributed by atoms with Crippen LogP contribution in [-0.4, -0.2) is 63.3 Å². The molecule has 10 heteroatoms. The predicted molar refractivity (Wildman–Crippen MR) is 164 cm³/mol. The van der Waals surface area contributed by atoms with Crippen LogP contribution < -0.4 is 9.47 Å².